The van der Waals surface area contributed by atoms with Crippen LogP contribution in [0, 0.1) is 0 Å². The molecular formula is C24H33N4O8P. The number of nitrogens with zero attached hydrogens (tertiary/aromatic N) is 3. The van der Waals surface area contributed by atoms with E-state index in [1.54, 1.807) is 55.0 Å². The molecule has 0 amide bonds. The normalized spacial score (nSPS) is 25.8. The van der Waals surface area contributed by atoms with Crippen molar-refractivity contribution in [2.24, 2.45) is 4.99 Å². The number of para-hydroxylation sites is 1. The average molecular weight is 537 g/mol. The summed E-state index contributed by atoms with van der Waals surface area (Å²) in [7, 11) is -4.10. The zero-order chi connectivity index (χ0) is 26.6. The molecule has 1 aromatic heterocycles. The monoisotopic (exact) mass is 536 g/mol. The van der Waals surface area contributed by atoms with Crippen LogP contribution in [0.3, 0.4) is 0 Å². The van der Waals surface area contributed by atoms with Crippen molar-refractivity contribution < 1.29 is 38.1 Å². The van der Waals surface area contributed by atoms with Crippen LogP contribution in [0.5, 0.6) is 5.75 Å². The lowest BCUT2D eigenvalue weighted by Crippen LogP contribution is -2.37. The maximum atomic E-state index is 13.7. The summed E-state index contributed by atoms with van der Waals surface area (Å²) in [6.07, 6.45) is 1.07. The van der Waals surface area contributed by atoms with Crippen LogP contribution >= 0.6 is 7.75 Å². The van der Waals surface area contributed by atoms with Gasteiger partial charge in [-0.2, -0.15) is 5.09 Å². The summed E-state index contributed by atoms with van der Waals surface area (Å²) in [6.45, 7) is 4.62. The van der Waals surface area contributed by atoms with E-state index in [2.05, 4.69) is 15.1 Å². The number of rotatable bonds is 10. The average Bonchev–Trinajstić information content (AvgIpc) is 3.38. The van der Waals surface area contributed by atoms with Gasteiger partial charge in [0.1, 0.15) is 35.9 Å². The molecule has 1 aromatic carbocycles. The molecule has 1 saturated heterocycles. The molecule has 12 nitrogen and oxygen atoms in total. The quantitative estimate of drug-likeness (QED) is 0.305. The third-order valence-electron chi connectivity index (χ3n) is 5.84. The van der Waals surface area contributed by atoms with E-state index in [1.807, 2.05) is 0 Å². The van der Waals surface area contributed by atoms with Gasteiger partial charge in [0, 0.05) is 12.6 Å². The van der Waals surface area contributed by atoms with Gasteiger partial charge in [0.05, 0.1) is 25.1 Å². The van der Waals surface area contributed by atoms with Gasteiger partial charge in [-0.05, 0) is 45.7 Å². The predicted molar refractivity (Wildman–Crippen MR) is 134 cm³/mol. The van der Waals surface area contributed by atoms with Gasteiger partial charge in [-0.1, -0.05) is 18.2 Å². The molecule has 37 heavy (non-hydrogen) atoms. The first kappa shape index (κ1) is 27.4. The van der Waals surface area contributed by atoms with Gasteiger partial charge in [0.2, 0.25) is 0 Å². The topological polar surface area (TPSA) is 154 Å². The number of carbonyl (C=O) groups is 1. The van der Waals surface area contributed by atoms with Crippen LogP contribution in [0.25, 0.3) is 0 Å². The highest BCUT2D eigenvalue weighted by molar-refractivity contribution is 7.52. The number of aliphatic imine (C=N–C) groups is 1. The molecule has 0 radical (unpaired) electrons. The van der Waals surface area contributed by atoms with Gasteiger partial charge in [-0.3, -0.25) is 13.9 Å². The maximum absolute atomic E-state index is 13.7. The van der Waals surface area contributed by atoms with Crippen LogP contribution in [0.15, 0.2) is 41.7 Å². The van der Waals surface area contributed by atoms with E-state index in [4.69, 9.17) is 18.5 Å². The first-order chi connectivity index (χ1) is 17.6. The Bertz CT molecular complexity index is 1140. The molecule has 4 rings (SSSR count). The van der Waals surface area contributed by atoms with E-state index in [9.17, 15) is 19.6 Å². The second kappa shape index (κ2) is 11.8. The van der Waals surface area contributed by atoms with Crippen LogP contribution in [-0.2, 0) is 23.4 Å². The van der Waals surface area contributed by atoms with Crippen molar-refractivity contribution in [2.45, 2.75) is 76.7 Å². The van der Waals surface area contributed by atoms with E-state index in [-0.39, 0.29) is 24.9 Å². The third kappa shape index (κ3) is 6.84. The predicted octanol–water partition coefficient (Wildman–Crippen LogP) is 3.19. The highest BCUT2D eigenvalue weighted by Gasteiger charge is 2.40. The van der Waals surface area contributed by atoms with E-state index >= 15 is 0 Å². The Balaban J connectivity index is 1.46. The number of hydrogen-bond acceptors (Lipinski definition) is 10. The molecule has 1 fully saturated rings. The first-order valence-electron chi connectivity index (χ1n) is 12.2. The minimum atomic E-state index is -4.10. The van der Waals surface area contributed by atoms with E-state index < -0.39 is 44.3 Å². The Hall–Kier alpha value is -2.60. The zero-order valence-corrected chi connectivity index (χ0v) is 21.9. The Morgan fingerprint density at radius 3 is 2.76 bits per heavy atom. The fourth-order valence-electron chi connectivity index (χ4n) is 4.01. The fraction of sp³-hybridized carbons (Fsp3) is 0.542. The molecule has 13 heteroatoms. The number of carbonyl (C=O) groups excluding carboxylic acids is 1. The van der Waals surface area contributed by atoms with Crippen molar-refractivity contribution in [3.63, 3.8) is 0 Å². The number of aromatic nitrogens is 2. The van der Waals surface area contributed by atoms with Crippen molar-refractivity contribution in [1.82, 2.24) is 14.6 Å². The van der Waals surface area contributed by atoms with Crippen LogP contribution < -0.4 is 9.61 Å². The van der Waals surface area contributed by atoms with Gasteiger partial charge in [-0.25, -0.2) is 14.5 Å². The summed E-state index contributed by atoms with van der Waals surface area (Å²) in [5.74, 6) is 0.128. The number of aliphatic hydroxyl groups excluding tert-OH is 2. The minimum Gasteiger partial charge on any atom is -0.462 e. The van der Waals surface area contributed by atoms with E-state index in [1.165, 1.54) is 13.3 Å². The molecule has 0 bridgehead atoms. The molecular weight excluding hydrogens is 503 g/mol. The smallest absolute Gasteiger partial charge is 0.459 e. The summed E-state index contributed by atoms with van der Waals surface area (Å²) in [4.78, 5) is 21.0. The lowest BCUT2D eigenvalue weighted by atomic mass is 10.1. The molecule has 2 aromatic rings. The largest absolute Gasteiger partial charge is 0.462 e. The summed E-state index contributed by atoms with van der Waals surface area (Å²) < 4.78 is 37.8. The number of nitrogens with one attached hydrogen (secondary N) is 1. The Labute approximate surface area is 215 Å². The molecule has 202 valence electrons. The molecule has 6 atom stereocenters. The summed E-state index contributed by atoms with van der Waals surface area (Å²) in [6, 6.07) is 7.40. The third-order valence-corrected chi connectivity index (χ3v) is 7.49. The maximum Gasteiger partial charge on any atom is 0.459 e. The van der Waals surface area contributed by atoms with Crippen LogP contribution in [0.4, 0.5) is 5.82 Å². The first-order valence-corrected chi connectivity index (χ1v) is 13.8. The number of hydrogen-bond donors (Lipinski definition) is 3. The fourth-order valence-corrected chi connectivity index (χ4v) is 5.51. The standard InChI is InChI=1S/C24H33N4O8P/c1-15(2)34-24(31)16(3)27-37(32,36-17-8-5-4-6-9-17)33-13-20-19(30)12-21(35-20)28-14-26-22-18(29)10-7-11-25-23(22)28/h4-6,8-9,11,14-16,18-21,29-30H,7,10,12-13H2,1-3H3,(H,27,32)/t16-,18-,19+,20-,21-,37?/m1/s1. The van der Waals surface area contributed by atoms with Gasteiger partial charge < -0.3 is 24.2 Å². The molecule has 1 unspecified atom stereocenters. The van der Waals surface area contributed by atoms with E-state index in [0.717, 1.165) is 0 Å². The molecule has 0 spiro atoms. The molecule has 2 aliphatic heterocycles. The Kier molecular flexibility index (Phi) is 8.79. The number of esters is 1. The molecule has 0 aliphatic carbocycles. The Morgan fingerprint density at radius 2 is 2.03 bits per heavy atom. The summed E-state index contributed by atoms with van der Waals surface area (Å²) >= 11 is 0. The van der Waals surface area contributed by atoms with E-state index in [0.29, 0.717) is 24.4 Å². The highest BCUT2D eigenvalue weighted by atomic mass is 31.2. The number of imidazole rings is 1. The summed E-state index contributed by atoms with van der Waals surface area (Å²) in [5, 5.41) is 23.6. The van der Waals surface area contributed by atoms with Crippen LogP contribution in [0.2, 0.25) is 0 Å². The second-order valence-corrected chi connectivity index (χ2v) is 10.9. The van der Waals surface area contributed by atoms with Crippen LogP contribution in [-0.4, -0.2) is 62.9 Å². The highest BCUT2D eigenvalue weighted by Crippen LogP contribution is 2.46. The number of ether oxygens (including phenoxy) is 2. The van der Waals surface area contributed by atoms with Gasteiger partial charge in [0.15, 0.2) is 5.82 Å². The molecule has 2 aliphatic rings. The second-order valence-electron chi connectivity index (χ2n) is 9.23. The van der Waals surface area contributed by atoms with Crippen LogP contribution in [0.1, 0.15) is 58.1 Å². The summed E-state index contributed by atoms with van der Waals surface area (Å²) in [5.41, 5.74) is 0.457. The number of aliphatic hydroxyl groups is 2. The van der Waals surface area contributed by atoms with Crippen molar-refractivity contribution in [3.8, 4) is 5.75 Å². The van der Waals surface area contributed by atoms with Gasteiger partial charge in [0.25, 0.3) is 0 Å². The lowest BCUT2D eigenvalue weighted by Gasteiger charge is -2.25. The molecule has 0 saturated carbocycles. The van der Waals surface area contributed by atoms with Gasteiger partial charge >= 0.3 is 13.7 Å². The number of fused-ring (bicyclic) bond motifs is 1. The number of benzene rings is 1. The SMILES string of the molecule is CC(C)OC(=O)[C@@H](C)NP(=O)(OC[C@H]1O[C@@H](n2cnc3c2N=CCC[C@H]3O)C[C@@H]1O)Oc1ccccc1. The van der Waals surface area contributed by atoms with Crippen molar-refractivity contribution in [2.75, 3.05) is 6.61 Å². The molecule has 3 N–H and O–H groups in total. The van der Waals surface area contributed by atoms with Crippen molar-refractivity contribution in [3.05, 3.63) is 42.4 Å². The molecule has 3 heterocycles. The Morgan fingerprint density at radius 1 is 1.27 bits per heavy atom. The lowest BCUT2D eigenvalue weighted by molar-refractivity contribution is -0.149. The minimum absolute atomic E-state index is 0.205. The zero-order valence-electron chi connectivity index (χ0n) is 21.0. The van der Waals surface area contributed by atoms with Crippen molar-refractivity contribution >= 4 is 25.7 Å². The van der Waals surface area contributed by atoms with Crippen molar-refractivity contribution in [1.29, 1.82) is 0 Å². The van der Waals surface area contributed by atoms with Gasteiger partial charge in [-0.15, -0.1) is 0 Å².